The van der Waals surface area contributed by atoms with Gasteiger partial charge in [0, 0.05) is 5.56 Å². The summed E-state index contributed by atoms with van der Waals surface area (Å²) in [6.07, 6.45) is 0.929. The zero-order valence-corrected chi connectivity index (χ0v) is 9.27. The highest BCUT2D eigenvalue weighted by Crippen LogP contribution is 2.28. The fraction of sp³-hybridized carbons (Fsp3) is 0.500. The summed E-state index contributed by atoms with van der Waals surface area (Å²) >= 11 is 0. The highest BCUT2D eigenvalue weighted by Gasteiger charge is 2.19. The molecule has 0 heterocycles. The number of hydrogen-bond donors (Lipinski definition) is 3. The van der Waals surface area contributed by atoms with E-state index in [1.165, 1.54) is 0 Å². The standard InChI is InChI=1S/C12H19NO2/c1-3-5-10(14)11(13)9-7-4-6-8(2)12(9)15/h4,6-7,10-11,14-15H,3,5,13H2,1-2H3/t10-,11+/m1/s1. The molecule has 0 aliphatic rings. The first-order valence-electron chi connectivity index (χ1n) is 5.30. The van der Waals surface area contributed by atoms with Gasteiger partial charge in [0.1, 0.15) is 5.75 Å². The molecule has 0 aliphatic carbocycles. The number of benzene rings is 1. The average molecular weight is 209 g/mol. The third kappa shape index (κ3) is 2.70. The Hall–Kier alpha value is -1.06. The molecule has 1 aromatic rings. The molecule has 0 fully saturated rings. The van der Waals surface area contributed by atoms with Crippen LogP contribution in [0.3, 0.4) is 0 Å². The quantitative estimate of drug-likeness (QED) is 0.709. The van der Waals surface area contributed by atoms with Crippen LogP contribution < -0.4 is 5.73 Å². The number of hydrogen-bond acceptors (Lipinski definition) is 3. The highest BCUT2D eigenvalue weighted by molar-refractivity contribution is 5.41. The lowest BCUT2D eigenvalue weighted by atomic mass is 9.97. The van der Waals surface area contributed by atoms with Gasteiger partial charge in [-0.25, -0.2) is 0 Å². The molecule has 0 radical (unpaired) electrons. The summed E-state index contributed by atoms with van der Waals surface area (Å²) < 4.78 is 0. The molecule has 0 spiro atoms. The van der Waals surface area contributed by atoms with Gasteiger partial charge in [0.25, 0.3) is 0 Å². The molecule has 2 atom stereocenters. The average Bonchev–Trinajstić information content (AvgIpc) is 2.21. The molecule has 0 saturated heterocycles. The SMILES string of the molecule is CCC[C@@H](O)[C@@H](N)c1cccc(C)c1O. The van der Waals surface area contributed by atoms with E-state index in [1.54, 1.807) is 6.07 Å². The summed E-state index contributed by atoms with van der Waals surface area (Å²) in [5.74, 6) is 0.195. The molecule has 15 heavy (non-hydrogen) atoms. The Bertz CT molecular complexity index is 325. The second-order valence-corrected chi connectivity index (χ2v) is 3.89. The van der Waals surface area contributed by atoms with Gasteiger partial charge >= 0.3 is 0 Å². The Morgan fingerprint density at radius 3 is 2.67 bits per heavy atom. The van der Waals surface area contributed by atoms with E-state index < -0.39 is 12.1 Å². The van der Waals surface area contributed by atoms with Crippen molar-refractivity contribution in [2.75, 3.05) is 0 Å². The topological polar surface area (TPSA) is 66.5 Å². The predicted octanol–water partition coefficient (Wildman–Crippen LogP) is 1.86. The minimum Gasteiger partial charge on any atom is -0.507 e. The van der Waals surface area contributed by atoms with Crippen LogP contribution in [0.25, 0.3) is 0 Å². The third-order valence-corrected chi connectivity index (χ3v) is 2.63. The Kier molecular flexibility index (Phi) is 4.12. The van der Waals surface area contributed by atoms with E-state index in [0.29, 0.717) is 12.0 Å². The molecular formula is C12H19NO2. The van der Waals surface area contributed by atoms with Crippen molar-refractivity contribution in [3.63, 3.8) is 0 Å². The fourth-order valence-electron chi connectivity index (χ4n) is 1.63. The second kappa shape index (κ2) is 5.14. The van der Waals surface area contributed by atoms with E-state index in [-0.39, 0.29) is 5.75 Å². The van der Waals surface area contributed by atoms with Crippen molar-refractivity contribution in [1.82, 2.24) is 0 Å². The van der Waals surface area contributed by atoms with Crippen LogP contribution in [0.15, 0.2) is 18.2 Å². The van der Waals surface area contributed by atoms with Gasteiger partial charge in [-0.3, -0.25) is 0 Å². The summed E-state index contributed by atoms with van der Waals surface area (Å²) in [4.78, 5) is 0. The maximum absolute atomic E-state index is 9.79. The van der Waals surface area contributed by atoms with Crippen LogP contribution >= 0.6 is 0 Å². The van der Waals surface area contributed by atoms with E-state index in [2.05, 4.69) is 0 Å². The Morgan fingerprint density at radius 1 is 1.40 bits per heavy atom. The first-order valence-corrected chi connectivity index (χ1v) is 5.30. The molecule has 0 saturated carbocycles. The molecule has 3 nitrogen and oxygen atoms in total. The maximum Gasteiger partial charge on any atom is 0.123 e. The number of aliphatic hydroxyl groups excluding tert-OH is 1. The van der Waals surface area contributed by atoms with E-state index in [4.69, 9.17) is 5.73 Å². The zero-order valence-electron chi connectivity index (χ0n) is 9.27. The van der Waals surface area contributed by atoms with Crippen LogP contribution in [0.5, 0.6) is 5.75 Å². The maximum atomic E-state index is 9.79. The molecule has 3 heteroatoms. The van der Waals surface area contributed by atoms with Crippen molar-refractivity contribution in [1.29, 1.82) is 0 Å². The molecule has 1 aromatic carbocycles. The molecule has 0 aromatic heterocycles. The number of phenolic OH excluding ortho intramolecular Hbond substituents is 1. The summed E-state index contributed by atoms with van der Waals surface area (Å²) in [5, 5.41) is 19.5. The lowest BCUT2D eigenvalue weighted by molar-refractivity contribution is 0.133. The van der Waals surface area contributed by atoms with Crippen LogP contribution in [-0.2, 0) is 0 Å². The lowest BCUT2D eigenvalue weighted by Crippen LogP contribution is -2.26. The van der Waals surface area contributed by atoms with E-state index in [1.807, 2.05) is 26.0 Å². The molecular weight excluding hydrogens is 190 g/mol. The lowest BCUT2D eigenvalue weighted by Gasteiger charge is -2.20. The summed E-state index contributed by atoms with van der Waals surface area (Å²) in [6.45, 7) is 3.81. The smallest absolute Gasteiger partial charge is 0.123 e. The van der Waals surface area contributed by atoms with Gasteiger partial charge in [0.2, 0.25) is 0 Å². The normalized spacial score (nSPS) is 14.9. The van der Waals surface area contributed by atoms with Crippen molar-refractivity contribution < 1.29 is 10.2 Å². The first-order chi connectivity index (χ1) is 7.07. The molecule has 0 bridgehead atoms. The van der Waals surface area contributed by atoms with Gasteiger partial charge in [0.15, 0.2) is 0 Å². The first kappa shape index (κ1) is 12.0. The summed E-state index contributed by atoms with van der Waals surface area (Å²) in [5.41, 5.74) is 7.29. The van der Waals surface area contributed by atoms with Gasteiger partial charge in [-0.05, 0) is 18.9 Å². The number of aryl methyl sites for hydroxylation is 1. The van der Waals surface area contributed by atoms with E-state index in [0.717, 1.165) is 12.0 Å². The van der Waals surface area contributed by atoms with Crippen LogP contribution in [-0.4, -0.2) is 16.3 Å². The van der Waals surface area contributed by atoms with Crippen LogP contribution in [0.4, 0.5) is 0 Å². The molecule has 0 amide bonds. The van der Waals surface area contributed by atoms with Crippen LogP contribution in [0.2, 0.25) is 0 Å². The van der Waals surface area contributed by atoms with Crippen LogP contribution in [0, 0.1) is 6.92 Å². The fourth-order valence-corrected chi connectivity index (χ4v) is 1.63. The van der Waals surface area contributed by atoms with Gasteiger partial charge in [-0.2, -0.15) is 0 Å². The predicted molar refractivity (Wildman–Crippen MR) is 60.7 cm³/mol. The van der Waals surface area contributed by atoms with Crippen molar-refractivity contribution in [2.45, 2.75) is 38.8 Å². The van der Waals surface area contributed by atoms with Crippen LogP contribution in [0.1, 0.15) is 36.9 Å². The minimum absolute atomic E-state index is 0.195. The number of nitrogens with two attached hydrogens (primary N) is 1. The Morgan fingerprint density at radius 2 is 2.07 bits per heavy atom. The van der Waals surface area contributed by atoms with Gasteiger partial charge in [0.05, 0.1) is 12.1 Å². The molecule has 1 rings (SSSR count). The Labute approximate surface area is 90.5 Å². The number of rotatable bonds is 4. The van der Waals surface area contributed by atoms with Gasteiger partial charge in [-0.15, -0.1) is 0 Å². The van der Waals surface area contributed by atoms with Crippen molar-refractivity contribution >= 4 is 0 Å². The van der Waals surface area contributed by atoms with Gasteiger partial charge < -0.3 is 15.9 Å². The van der Waals surface area contributed by atoms with Crippen molar-refractivity contribution in [3.05, 3.63) is 29.3 Å². The third-order valence-electron chi connectivity index (χ3n) is 2.63. The van der Waals surface area contributed by atoms with Gasteiger partial charge in [-0.1, -0.05) is 31.5 Å². The van der Waals surface area contributed by atoms with Crippen molar-refractivity contribution in [3.8, 4) is 5.75 Å². The second-order valence-electron chi connectivity index (χ2n) is 3.89. The minimum atomic E-state index is -0.595. The number of aliphatic hydroxyl groups is 1. The Balaban J connectivity index is 2.90. The largest absolute Gasteiger partial charge is 0.507 e. The molecule has 84 valence electrons. The number of para-hydroxylation sites is 1. The zero-order chi connectivity index (χ0) is 11.4. The monoisotopic (exact) mass is 209 g/mol. The molecule has 4 N–H and O–H groups in total. The summed E-state index contributed by atoms with van der Waals surface area (Å²) in [6, 6.07) is 4.90. The summed E-state index contributed by atoms with van der Waals surface area (Å²) in [7, 11) is 0. The van der Waals surface area contributed by atoms with E-state index >= 15 is 0 Å². The molecule has 0 aliphatic heterocycles. The number of aromatic hydroxyl groups is 1. The molecule has 0 unspecified atom stereocenters. The number of phenols is 1. The highest BCUT2D eigenvalue weighted by atomic mass is 16.3. The van der Waals surface area contributed by atoms with E-state index in [9.17, 15) is 10.2 Å². The van der Waals surface area contributed by atoms with Crippen molar-refractivity contribution in [2.24, 2.45) is 5.73 Å².